The Hall–Kier alpha value is -3.18. The number of likely N-dealkylation sites (tertiary alicyclic amines) is 2. The maximum atomic E-state index is 13.0. The fourth-order valence-electron chi connectivity index (χ4n) is 4.70. The highest BCUT2D eigenvalue weighted by Gasteiger charge is 2.48. The quantitative estimate of drug-likeness (QED) is 0.502. The minimum atomic E-state index is -5.08. The molecule has 1 spiro atoms. The Bertz CT molecular complexity index is 1150. The summed E-state index contributed by atoms with van der Waals surface area (Å²) in [6.45, 7) is 5.27. The van der Waals surface area contributed by atoms with Gasteiger partial charge in [0.25, 0.3) is 5.91 Å². The molecule has 2 aromatic heterocycles. The van der Waals surface area contributed by atoms with Crippen molar-refractivity contribution in [2.75, 3.05) is 26.2 Å². The van der Waals surface area contributed by atoms with Gasteiger partial charge in [-0.3, -0.25) is 9.69 Å². The molecule has 2 fully saturated rings. The SMILES string of the molecule is O=C(C1Cn2ccnc2C2(CCN(Cc3cccs3)CC2)O1)N1CCCC1.O=C(O)C(F)(F)F.O=C(O)C(F)(F)F. The summed E-state index contributed by atoms with van der Waals surface area (Å²) in [6, 6.07) is 4.31. The number of hydrogen-bond acceptors (Lipinski definition) is 7. The van der Waals surface area contributed by atoms with E-state index in [0.717, 1.165) is 64.2 Å². The lowest BCUT2D eigenvalue weighted by molar-refractivity contribution is -0.193. The third kappa shape index (κ3) is 8.65. The van der Waals surface area contributed by atoms with E-state index in [4.69, 9.17) is 24.5 Å². The number of hydrogen-bond donors (Lipinski definition) is 2. The Labute approximate surface area is 234 Å². The molecule has 17 heteroatoms. The van der Waals surface area contributed by atoms with E-state index in [1.807, 2.05) is 28.6 Å². The van der Waals surface area contributed by atoms with E-state index in [1.165, 1.54) is 4.88 Å². The summed E-state index contributed by atoms with van der Waals surface area (Å²) in [7, 11) is 0. The number of carbonyl (C=O) groups excluding carboxylic acids is 1. The van der Waals surface area contributed by atoms with E-state index >= 15 is 0 Å². The predicted molar refractivity (Wildman–Crippen MR) is 131 cm³/mol. The summed E-state index contributed by atoms with van der Waals surface area (Å²) in [4.78, 5) is 41.3. The minimum Gasteiger partial charge on any atom is -0.475 e. The van der Waals surface area contributed by atoms with E-state index in [1.54, 1.807) is 0 Å². The molecule has 3 aliphatic rings. The third-order valence-electron chi connectivity index (χ3n) is 6.65. The standard InChI is InChI=1S/C20H26N4O2S.2C2HF3O2/c25-18(23-8-1-2-9-23)17-15-24-12-7-21-19(24)20(26-17)5-10-22(11-6-20)14-16-4-3-13-27-16;2*3-2(4,5)1(6)7/h3-4,7,12-13,17H,1-2,5-6,8-11,14-15H2;2*(H,6,7). The number of nitrogens with zero attached hydrogens (tertiary/aromatic N) is 4. The minimum absolute atomic E-state index is 0.159. The number of carbonyl (C=O) groups is 3. The number of aliphatic carboxylic acids is 2. The molecule has 1 unspecified atom stereocenters. The lowest BCUT2D eigenvalue weighted by Gasteiger charge is -2.46. The molecule has 2 saturated heterocycles. The first-order valence-electron chi connectivity index (χ1n) is 12.5. The Balaban J connectivity index is 0.000000276. The number of piperidine rings is 1. The zero-order valence-corrected chi connectivity index (χ0v) is 22.3. The predicted octanol–water partition coefficient (Wildman–Crippen LogP) is 3.72. The first-order chi connectivity index (χ1) is 19.1. The number of alkyl halides is 6. The summed E-state index contributed by atoms with van der Waals surface area (Å²) < 4.78 is 72.2. The van der Waals surface area contributed by atoms with Gasteiger partial charge in [0.2, 0.25) is 0 Å². The van der Waals surface area contributed by atoms with E-state index < -0.39 is 29.9 Å². The summed E-state index contributed by atoms with van der Waals surface area (Å²) in [5.74, 6) is -4.35. The largest absolute Gasteiger partial charge is 0.490 e. The number of amides is 1. The molecule has 1 amide bonds. The van der Waals surface area contributed by atoms with Crippen LogP contribution in [0.15, 0.2) is 29.9 Å². The Morgan fingerprint density at radius 2 is 1.56 bits per heavy atom. The van der Waals surface area contributed by atoms with Crippen molar-refractivity contribution in [3.8, 4) is 0 Å². The Kier molecular flexibility index (Phi) is 10.4. The monoisotopic (exact) mass is 614 g/mol. The molecule has 1 atom stereocenters. The number of carboxylic acids is 2. The van der Waals surface area contributed by atoms with Crippen molar-refractivity contribution in [3.63, 3.8) is 0 Å². The van der Waals surface area contributed by atoms with Crippen molar-refractivity contribution >= 4 is 29.2 Å². The Morgan fingerprint density at radius 1 is 1.00 bits per heavy atom. The molecule has 3 aliphatic heterocycles. The van der Waals surface area contributed by atoms with Crippen LogP contribution in [0.5, 0.6) is 0 Å². The maximum absolute atomic E-state index is 13.0. The molecular weight excluding hydrogens is 586 g/mol. The fourth-order valence-corrected chi connectivity index (χ4v) is 5.45. The highest BCUT2D eigenvalue weighted by atomic mass is 32.1. The number of ether oxygens (including phenoxy) is 1. The van der Waals surface area contributed by atoms with Crippen LogP contribution in [0.1, 0.15) is 36.4 Å². The zero-order chi connectivity index (χ0) is 30.4. The topological polar surface area (TPSA) is 125 Å². The van der Waals surface area contributed by atoms with Crippen LogP contribution in [0.25, 0.3) is 0 Å². The molecular formula is C24H28F6N4O6S. The van der Waals surface area contributed by atoms with Crippen molar-refractivity contribution in [2.45, 2.75) is 62.8 Å². The summed E-state index contributed by atoms with van der Waals surface area (Å²) in [5.41, 5.74) is -0.423. The van der Waals surface area contributed by atoms with E-state index in [9.17, 15) is 31.1 Å². The van der Waals surface area contributed by atoms with Gasteiger partial charge in [-0.15, -0.1) is 11.3 Å². The van der Waals surface area contributed by atoms with Gasteiger partial charge in [0.15, 0.2) is 6.10 Å². The van der Waals surface area contributed by atoms with E-state index in [0.29, 0.717) is 6.54 Å². The summed E-state index contributed by atoms with van der Waals surface area (Å²) in [6.07, 6.45) is -2.70. The lowest BCUT2D eigenvalue weighted by atomic mass is 9.88. The van der Waals surface area contributed by atoms with Crippen LogP contribution >= 0.6 is 11.3 Å². The zero-order valence-electron chi connectivity index (χ0n) is 21.5. The van der Waals surface area contributed by atoms with Gasteiger partial charge in [-0.05, 0) is 37.1 Å². The van der Waals surface area contributed by atoms with Gasteiger partial charge in [-0.25, -0.2) is 14.6 Å². The maximum Gasteiger partial charge on any atom is 0.490 e. The number of aromatic nitrogens is 2. The van der Waals surface area contributed by atoms with Crippen LogP contribution in [0.2, 0.25) is 0 Å². The summed E-state index contributed by atoms with van der Waals surface area (Å²) in [5, 5.41) is 16.4. The van der Waals surface area contributed by atoms with Gasteiger partial charge in [0, 0.05) is 50.0 Å². The third-order valence-corrected chi connectivity index (χ3v) is 7.52. The molecule has 228 valence electrons. The number of halogens is 6. The molecule has 2 aromatic rings. The molecule has 5 rings (SSSR count). The van der Waals surface area contributed by atoms with Gasteiger partial charge >= 0.3 is 24.3 Å². The molecule has 0 aromatic carbocycles. The number of carboxylic acid groups (broad SMARTS) is 2. The van der Waals surface area contributed by atoms with Crippen LogP contribution < -0.4 is 0 Å². The van der Waals surface area contributed by atoms with Crippen LogP contribution in [0.4, 0.5) is 26.3 Å². The molecule has 0 bridgehead atoms. The Morgan fingerprint density at radius 3 is 2.05 bits per heavy atom. The molecule has 10 nitrogen and oxygen atoms in total. The number of rotatable bonds is 3. The van der Waals surface area contributed by atoms with Crippen molar-refractivity contribution in [1.29, 1.82) is 0 Å². The smallest absolute Gasteiger partial charge is 0.475 e. The normalized spacial score (nSPS) is 20.3. The van der Waals surface area contributed by atoms with Gasteiger partial charge in [0.05, 0.1) is 6.54 Å². The van der Waals surface area contributed by atoms with E-state index in [-0.39, 0.29) is 12.0 Å². The molecule has 0 radical (unpaired) electrons. The van der Waals surface area contributed by atoms with Crippen molar-refractivity contribution < 1.29 is 55.7 Å². The molecule has 41 heavy (non-hydrogen) atoms. The van der Waals surface area contributed by atoms with Crippen molar-refractivity contribution in [2.24, 2.45) is 0 Å². The van der Waals surface area contributed by atoms with Crippen LogP contribution in [0, 0.1) is 0 Å². The highest BCUT2D eigenvalue weighted by Crippen LogP contribution is 2.41. The van der Waals surface area contributed by atoms with Gasteiger partial charge in [-0.2, -0.15) is 26.3 Å². The lowest BCUT2D eigenvalue weighted by Crippen LogP contribution is -2.54. The second-order valence-corrected chi connectivity index (χ2v) is 10.5. The van der Waals surface area contributed by atoms with Crippen LogP contribution in [-0.4, -0.2) is 92.0 Å². The summed E-state index contributed by atoms with van der Waals surface area (Å²) >= 11 is 1.81. The van der Waals surface area contributed by atoms with Crippen molar-refractivity contribution in [1.82, 2.24) is 19.4 Å². The van der Waals surface area contributed by atoms with Gasteiger partial charge in [0.1, 0.15) is 11.4 Å². The van der Waals surface area contributed by atoms with E-state index in [2.05, 4.69) is 32.0 Å². The molecule has 0 saturated carbocycles. The number of fused-ring (bicyclic) bond motifs is 2. The van der Waals surface area contributed by atoms with Crippen LogP contribution in [0.3, 0.4) is 0 Å². The van der Waals surface area contributed by atoms with Gasteiger partial charge < -0.3 is 24.4 Å². The second-order valence-electron chi connectivity index (χ2n) is 9.50. The first kappa shape index (κ1) is 32.3. The van der Waals surface area contributed by atoms with Crippen molar-refractivity contribution in [3.05, 3.63) is 40.6 Å². The van der Waals surface area contributed by atoms with Crippen LogP contribution in [-0.2, 0) is 37.8 Å². The molecule has 0 aliphatic carbocycles. The first-order valence-corrected chi connectivity index (χ1v) is 13.3. The molecule has 2 N–H and O–H groups in total. The molecule has 5 heterocycles. The number of thiophene rings is 1. The fraction of sp³-hybridized carbons (Fsp3) is 0.583. The average Bonchev–Trinajstić information content (AvgIpc) is 3.68. The highest BCUT2D eigenvalue weighted by molar-refractivity contribution is 7.09. The average molecular weight is 615 g/mol. The van der Waals surface area contributed by atoms with Gasteiger partial charge in [-0.1, -0.05) is 6.07 Å². The second kappa shape index (κ2) is 13.2. The number of imidazole rings is 1.